The van der Waals surface area contributed by atoms with Crippen molar-refractivity contribution in [1.29, 1.82) is 0 Å². The number of hydrogen-bond acceptors (Lipinski definition) is 14. The summed E-state index contributed by atoms with van der Waals surface area (Å²) in [6, 6.07) is 22.4. The minimum atomic E-state index is -4.59. The SMILES string of the molecule is COc1cc(C(=O)Oc2ccc(/C=C/C(=O)C(O)C(c3ccc(N)cc3N)C(O)C(=O)/C=C/c3ccc(OC(=O)c4ccc(OCC(F)(F)F)c(OC)c4)cc3)cc2)ccc1OCC(F)(F)F. The zero-order chi connectivity index (χ0) is 49.1. The van der Waals surface area contributed by atoms with Gasteiger partial charge in [-0.25, -0.2) is 9.59 Å². The Kier molecular flexibility index (Phi) is 16.4. The maximum Gasteiger partial charge on any atom is 0.422 e. The van der Waals surface area contributed by atoms with Gasteiger partial charge in [0.2, 0.25) is 0 Å². The van der Waals surface area contributed by atoms with Crippen molar-refractivity contribution in [3.63, 3.8) is 0 Å². The zero-order valence-electron chi connectivity index (χ0n) is 35.2. The van der Waals surface area contributed by atoms with E-state index in [2.05, 4.69) is 0 Å². The van der Waals surface area contributed by atoms with Crippen LogP contribution in [-0.2, 0) is 9.59 Å². The molecule has 0 radical (unpaired) electrons. The summed E-state index contributed by atoms with van der Waals surface area (Å²) in [6.07, 6.45) is -8.61. The van der Waals surface area contributed by atoms with E-state index in [1.165, 1.54) is 105 Å². The van der Waals surface area contributed by atoms with E-state index in [0.29, 0.717) is 11.1 Å². The monoisotopic (exact) mass is 938 g/mol. The molecule has 0 fully saturated rings. The van der Waals surface area contributed by atoms with Crippen molar-refractivity contribution in [3.8, 4) is 34.5 Å². The number of esters is 2. The average molecular weight is 939 g/mol. The Labute approximate surface area is 377 Å². The molecule has 0 heterocycles. The maximum absolute atomic E-state index is 13.4. The number of aliphatic hydroxyl groups is 2. The molecular weight excluding hydrogens is 899 g/mol. The molecule has 6 N–H and O–H groups in total. The second-order valence-electron chi connectivity index (χ2n) is 14.2. The summed E-state index contributed by atoms with van der Waals surface area (Å²) in [5, 5.41) is 22.6. The first-order valence-corrected chi connectivity index (χ1v) is 19.5. The summed E-state index contributed by atoms with van der Waals surface area (Å²) in [6.45, 7) is -3.14. The van der Waals surface area contributed by atoms with Crippen LogP contribution in [0.3, 0.4) is 0 Å². The first-order chi connectivity index (χ1) is 31.6. The number of alkyl halides is 6. The number of anilines is 2. The third-order valence-corrected chi connectivity index (χ3v) is 9.38. The fraction of sp³-hybridized carbons (Fsp3) is 0.191. The smallest absolute Gasteiger partial charge is 0.422 e. The molecule has 14 nitrogen and oxygen atoms in total. The lowest BCUT2D eigenvalue weighted by atomic mass is 9.83. The number of ether oxygens (including phenoxy) is 6. The molecule has 0 aromatic heterocycles. The van der Waals surface area contributed by atoms with Gasteiger partial charge in [-0.3, -0.25) is 9.59 Å². The van der Waals surface area contributed by atoms with Gasteiger partial charge in [0.05, 0.1) is 31.3 Å². The van der Waals surface area contributed by atoms with Crippen molar-refractivity contribution in [2.24, 2.45) is 0 Å². The highest BCUT2D eigenvalue weighted by atomic mass is 19.4. The predicted octanol–water partition coefficient (Wildman–Crippen LogP) is 7.56. The van der Waals surface area contributed by atoms with Crippen LogP contribution in [0.2, 0.25) is 0 Å². The van der Waals surface area contributed by atoms with Gasteiger partial charge < -0.3 is 50.1 Å². The number of benzene rings is 5. The summed E-state index contributed by atoms with van der Waals surface area (Å²) >= 11 is 0. The van der Waals surface area contributed by atoms with Crippen LogP contribution in [0.4, 0.5) is 37.7 Å². The van der Waals surface area contributed by atoms with Crippen LogP contribution < -0.4 is 39.9 Å². The molecule has 0 aliphatic heterocycles. The molecule has 0 saturated heterocycles. The van der Waals surface area contributed by atoms with Crippen LogP contribution in [0.5, 0.6) is 34.5 Å². The van der Waals surface area contributed by atoms with Crippen LogP contribution in [0.15, 0.2) is 115 Å². The Balaban J connectivity index is 1.23. The van der Waals surface area contributed by atoms with Crippen LogP contribution >= 0.6 is 0 Å². The van der Waals surface area contributed by atoms with E-state index in [4.69, 9.17) is 39.9 Å². The van der Waals surface area contributed by atoms with E-state index in [0.717, 1.165) is 36.4 Å². The molecule has 5 aromatic carbocycles. The number of methoxy groups -OCH3 is 2. The van der Waals surface area contributed by atoms with Crippen LogP contribution in [0.1, 0.15) is 43.3 Å². The van der Waals surface area contributed by atoms with Gasteiger partial charge in [0.25, 0.3) is 0 Å². The number of nitrogens with two attached hydrogens (primary N) is 2. The van der Waals surface area contributed by atoms with Gasteiger partial charge in [-0.15, -0.1) is 0 Å². The van der Waals surface area contributed by atoms with Crippen molar-refractivity contribution < 1.29 is 84.2 Å². The predicted molar refractivity (Wildman–Crippen MR) is 230 cm³/mol. The second-order valence-corrected chi connectivity index (χ2v) is 14.2. The lowest BCUT2D eigenvalue weighted by molar-refractivity contribution is -0.154. The molecule has 0 bridgehead atoms. The zero-order valence-corrected chi connectivity index (χ0v) is 35.2. The van der Waals surface area contributed by atoms with Gasteiger partial charge in [0.1, 0.15) is 23.7 Å². The van der Waals surface area contributed by atoms with Gasteiger partial charge in [0.15, 0.2) is 47.8 Å². The van der Waals surface area contributed by atoms with Crippen LogP contribution in [0.25, 0.3) is 12.2 Å². The van der Waals surface area contributed by atoms with Crippen molar-refractivity contribution in [3.05, 3.63) is 143 Å². The van der Waals surface area contributed by atoms with Gasteiger partial charge in [0, 0.05) is 11.4 Å². The number of nitrogen functional groups attached to an aromatic ring is 2. The Hall–Kier alpha value is -7.84. The Morgan fingerprint density at radius 3 is 1.33 bits per heavy atom. The second kappa shape index (κ2) is 21.9. The minimum Gasteiger partial charge on any atom is -0.493 e. The lowest BCUT2D eigenvalue weighted by Crippen LogP contribution is -2.39. The fourth-order valence-electron chi connectivity index (χ4n) is 6.09. The van der Waals surface area contributed by atoms with Gasteiger partial charge in [-0.05, 0) is 102 Å². The summed E-state index contributed by atoms with van der Waals surface area (Å²) in [5.41, 5.74) is 12.9. The molecular formula is C47H40F6N2O12. The molecule has 0 spiro atoms. The lowest BCUT2D eigenvalue weighted by Gasteiger charge is -2.26. The molecule has 20 heteroatoms. The number of rotatable bonds is 19. The molecule has 2 atom stereocenters. The summed E-state index contributed by atoms with van der Waals surface area (Å²) in [7, 11) is 2.37. The molecule has 0 aliphatic carbocycles. The van der Waals surface area contributed by atoms with Crippen LogP contribution in [-0.4, -0.2) is 85.7 Å². The number of carbonyl (C=O) groups is 4. The number of ketones is 2. The standard InChI is InChI=1S/C47H40F6N2O12/c1-62-39-21-28(9-19-37(39)64-24-46(48,49)50)44(60)66-31-12-3-26(4-13-31)7-17-35(56)42(58)41(33-16-11-30(54)23-34(33)55)43(59)36(57)18-8-27-5-14-32(15-6-27)67-45(61)29-10-20-38(40(22-29)63-2)65-25-47(51,52)53/h3-23,41-43,58-59H,24-25,54-55H2,1-2H3/b17-7+,18-8+. The van der Waals surface area contributed by atoms with Gasteiger partial charge >= 0.3 is 24.3 Å². The first kappa shape index (κ1) is 50.2. The van der Waals surface area contributed by atoms with E-state index in [9.17, 15) is 55.7 Å². The summed E-state index contributed by atoms with van der Waals surface area (Å²) in [5.74, 6) is -5.83. The fourth-order valence-corrected chi connectivity index (χ4v) is 6.09. The highest BCUT2D eigenvalue weighted by Crippen LogP contribution is 2.34. The van der Waals surface area contributed by atoms with E-state index >= 15 is 0 Å². The van der Waals surface area contributed by atoms with Crippen LogP contribution in [0, 0.1) is 0 Å². The van der Waals surface area contributed by atoms with E-state index in [1.807, 2.05) is 0 Å². The average Bonchev–Trinajstić information content (AvgIpc) is 3.29. The molecule has 67 heavy (non-hydrogen) atoms. The van der Waals surface area contributed by atoms with Gasteiger partial charge in [-0.1, -0.05) is 42.5 Å². The Morgan fingerprint density at radius 2 is 0.970 bits per heavy atom. The highest BCUT2D eigenvalue weighted by molar-refractivity contribution is 6.01. The number of hydrogen-bond donors (Lipinski definition) is 4. The molecule has 0 aliphatic rings. The van der Waals surface area contributed by atoms with Crippen molar-refractivity contribution >= 4 is 47.0 Å². The first-order valence-electron chi connectivity index (χ1n) is 19.5. The quantitative estimate of drug-likeness (QED) is 0.0207. The minimum absolute atomic E-state index is 0.0275. The van der Waals surface area contributed by atoms with Gasteiger partial charge in [-0.2, -0.15) is 26.3 Å². The largest absolute Gasteiger partial charge is 0.493 e. The van der Waals surface area contributed by atoms with Crippen molar-refractivity contribution in [2.45, 2.75) is 30.5 Å². The normalized spacial score (nSPS) is 13.1. The Morgan fingerprint density at radius 1 is 0.567 bits per heavy atom. The molecule has 2 unspecified atom stereocenters. The third-order valence-electron chi connectivity index (χ3n) is 9.38. The number of carbonyl (C=O) groups excluding carboxylic acids is 4. The number of halogens is 6. The molecule has 0 saturated carbocycles. The topological polar surface area (TPSA) is 216 Å². The maximum atomic E-state index is 13.4. The van der Waals surface area contributed by atoms with E-state index in [-0.39, 0.29) is 62.6 Å². The van der Waals surface area contributed by atoms with E-state index in [1.54, 1.807) is 0 Å². The van der Waals surface area contributed by atoms with Crippen molar-refractivity contribution in [2.75, 3.05) is 38.9 Å². The molecule has 5 aromatic rings. The third kappa shape index (κ3) is 14.3. The molecule has 5 rings (SSSR count). The molecule has 0 amide bonds. The summed E-state index contributed by atoms with van der Waals surface area (Å²) < 4.78 is 106. The Bertz CT molecular complexity index is 2480. The van der Waals surface area contributed by atoms with E-state index < -0.39 is 67.2 Å². The number of aliphatic hydroxyl groups excluding tert-OH is 2. The van der Waals surface area contributed by atoms with Crippen molar-refractivity contribution in [1.82, 2.24) is 0 Å². The summed E-state index contributed by atoms with van der Waals surface area (Å²) in [4.78, 5) is 52.3. The molecule has 352 valence electrons. The highest BCUT2D eigenvalue weighted by Gasteiger charge is 2.37.